The fourth-order valence-electron chi connectivity index (χ4n) is 1.13. The van der Waals surface area contributed by atoms with Crippen molar-refractivity contribution in [1.82, 2.24) is 0 Å². The van der Waals surface area contributed by atoms with Crippen LogP contribution in [0.3, 0.4) is 0 Å². The molecular formula is C9H7BrCl2F2. The molecule has 0 saturated heterocycles. The van der Waals surface area contributed by atoms with Gasteiger partial charge in [0.2, 0.25) is 0 Å². The Hall–Kier alpha value is 0.140. The van der Waals surface area contributed by atoms with E-state index in [1.165, 1.54) is 0 Å². The van der Waals surface area contributed by atoms with Crippen molar-refractivity contribution in [2.24, 2.45) is 0 Å². The number of halogens is 5. The topological polar surface area (TPSA) is 0 Å². The van der Waals surface area contributed by atoms with E-state index in [2.05, 4.69) is 15.9 Å². The Morgan fingerprint density at radius 3 is 2.00 bits per heavy atom. The zero-order valence-electron chi connectivity index (χ0n) is 7.47. The van der Waals surface area contributed by atoms with E-state index in [1.54, 1.807) is 13.8 Å². The first-order valence-corrected chi connectivity index (χ1v) is 5.44. The molecule has 78 valence electrons. The lowest BCUT2D eigenvalue weighted by molar-refractivity contribution is 0.564. The largest absolute Gasteiger partial charge is 0.205 e. The minimum Gasteiger partial charge on any atom is -0.205 e. The third-order valence-corrected chi connectivity index (χ3v) is 3.56. The summed E-state index contributed by atoms with van der Waals surface area (Å²) < 4.78 is 26.9. The summed E-state index contributed by atoms with van der Waals surface area (Å²) in [5.74, 6) is -1.81. The fraction of sp³-hybridized carbons (Fsp3) is 0.333. The third-order valence-electron chi connectivity index (χ3n) is 1.82. The van der Waals surface area contributed by atoms with Gasteiger partial charge in [-0.3, -0.25) is 0 Å². The van der Waals surface area contributed by atoms with E-state index in [4.69, 9.17) is 23.2 Å². The average Bonchev–Trinajstić information content (AvgIpc) is 2.11. The molecule has 0 radical (unpaired) electrons. The molecule has 14 heavy (non-hydrogen) atoms. The summed E-state index contributed by atoms with van der Waals surface area (Å²) in [5, 5.41) is -0.734. The van der Waals surface area contributed by atoms with E-state index in [-0.39, 0.29) is 15.4 Å². The Kier molecular flexibility index (Phi) is 3.78. The maximum absolute atomic E-state index is 13.5. The van der Waals surface area contributed by atoms with Gasteiger partial charge in [-0.15, -0.1) is 0 Å². The molecule has 0 fully saturated rings. The summed E-state index contributed by atoms with van der Waals surface area (Å²) in [4.78, 5) is 0. The molecule has 0 atom stereocenters. The molecule has 0 spiro atoms. The van der Waals surface area contributed by atoms with Gasteiger partial charge in [-0.1, -0.05) is 37.0 Å². The zero-order valence-corrected chi connectivity index (χ0v) is 10.6. The van der Waals surface area contributed by atoms with Crippen LogP contribution in [0.4, 0.5) is 8.78 Å². The van der Waals surface area contributed by atoms with Gasteiger partial charge >= 0.3 is 0 Å². The lowest BCUT2D eigenvalue weighted by atomic mass is 10.0. The smallest absolute Gasteiger partial charge is 0.164 e. The van der Waals surface area contributed by atoms with Crippen LogP contribution in [0.25, 0.3) is 0 Å². The normalized spacial score (nSPS) is 11.1. The van der Waals surface area contributed by atoms with Crippen LogP contribution >= 0.6 is 39.1 Å². The fourth-order valence-corrected chi connectivity index (χ4v) is 2.38. The lowest BCUT2D eigenvalue weighted by Gasteiger charge is -2.13. The van der Waals surface area contributed by atoms with Crippen molar-refractivity contribution in [2.45, 2.75) is 19.8 Å². The summed E-state index contributed by atoms with van der Waals surface area (Å²) in [6.07, 6.45) is 0. The van der Waals surface area contributed by atoms with E-state index in [1.807, 2.05) is 0 Å². The summed E-state index contributed by atoms with van der Waals surface area (Å²) in [7, 11) is 0. The molecule has 0 nitrogen and oxygen atoms in total. The molecule has 0 aliphatic rings. The maximum atomic E-state index is 13.5. The molecular weight excluding hydrogens is 297 g/mol. The van der Waals surface area contributed by atoms with Crippen LogP contribution in [-0.4, -0.2) is 0 Å². The predicted molar refractivity (Wildman–Crippen MR) is 58.2 cm³/mol. The van der Waals surface area contributed by atoms with Gasteiger partial charge in [-0.2, -0.15) is 0 Å². The Balaban J connectivity index is 3.60. The number of rotatable bonds is 1. The van der Waals surface area contributed by atoms with Gasteiger partial charge in [0, 0.05) is 10.0 Å². The number of benzene rings is 1. The van der Waals surface area contributed by atoms with Gasteiger partial charge in [-0.05, 0) is 21.8 Å². The van der Waals surface area contributed by atoms with Crippen LogP contribution in [0.2, 0.25) is 10.0 Å². The van der Waals surface area contributed by atoms with Gasteiger partial charge < -0.3 is 0 Å². The molecule has 1 aromatic rings. The molecule has 1 aromatic carbocycles. The van der Waals surface area contributed by atoms with Crippen LogP contribution < -0.4 is 0 Å². The molecule has 1 rings (SSSR count). The molecule has 0 N–H and O–H groups in total. The quantitative estimate of drug-likeness (QED) is 0.497. The van der Waals surface area contributed by atoms with E-state index in [9.17, 15) is 8.78 Å². The van der Waals surface area contributed by atoms with E-state index in [0.717, 1.165) is 0 Å². The van der Waals surface area contributed by atoms with Crippen molar-refractivity contribution in [1.29, 1.82) is 0 Å². The first-order chi connectivity index (χ1) is 6.37. The standard InChI is InChI=1S/C9H7BrCl2F2/c1-3(2)4-5(10)6(11)9(14)7(12)8(4)13/h3H,1-2H3. The highest BCUT2D eigenvalue weighted by molar-refractivity contribution is 9.10. The van der Waals surface area contributed by atoms with Gasteiger partial charge in [0.15, 0.2) is 5.82 Å². The summed E-state index contributed by atoms with van der Waals surface area (Å²) in [5.41, 5.74) is 0.293. The van der Waals surface area contributed by atoms with E-state index < -0.39 is 16.7 Å². The van der Waals surface area contributed by atoms with Gasteiger partial charge in [0.1, 0.15) is 10.8 Å². The molecule has 0 unspecified atom stereocenters. The molecule has 0 amide bonds. The monoisotopic (exact) mass is 302 g/mol. The SMILES string of the molecule is CC(C)c1c(F)c(Cl)c(F)c(Cl)c1Br. The van der Waals surface area contributed by atoms with Crippen LogP contribution in [-0.2, 0) is 0 Å². The third kappa shape index (κ3) is 1.90. The average molecular weight is 304 g/mol. The van der Waals surface area contributed by atoms with Crippen molar-refractivity contribution < 1.29 is 8.78 Å². The highest BCUT2D eigenvalue weighted by Crippen LogP contribution is 2.39. The van der Waals surface area contributed by atoms with Crippen molar-refractivity contribution >= 4 is 39.1 Å². The van der Waals surface area contributed by atoms with Gasteiger partial charge in [0.05, 0.1) is 5.02 Å². The summed E-state index contributed by atoms with van der Waals surface area (Å²) in [6.45, 7) is 3.54. The first kappa shape index (κ1) is 12.2. The Bertz CT molecular complexity index is 349. The van der Waals surface area contributed by atoms with Crippen LogP contribution in [0.5, 0.6) is 0 Å². The Morgan fingerprint density at radius 2 is 1.57 bits per heavy atom. The predicted octanol–water partition coefficient (Wildman–Crippen LogP) is 5.16. The van der Waals surface area contributed by atoms with Crippen molar-refractivity contribution in [3.05, 3.63) is 31.7 Å². The van der Waals surface area contributed by atoms with Gasteiger partial charge in [-0.25, -0.2) is 8.78 Å². The highest BCUT2D eigenvalue weighted by atomic mass is 79.9. The minimum atomic E-state index is -0.929. The van der Waals surface area contributed by atoms with Crippen molar-refractivity contribution in [3.63, 3.8) is 0 Å². The summed E-state index contributed by atoms with van der Waals surface area (Å²) >= 11 is 14.1. The molecule has 0 aliphatic carbocycles. The molecule has 0 aromatic heterocycles. The second-order valence-corrected chi connectivity index (χ2v) is 4.69. The lowest BCUT2D eigenvalue weighted by Crippen LogP contribution is -1.99. The maximum Gasteiger partial charge on any atom is 0.164 e. The molecule has 0 saturated carbocycles. The molecule has 5 heteroatoms. The summed E-state index contributed by atoms with van der Waals surface area (Å²) in [6, 6.07) is 0. The van der Waals surface area contributed by atoms with Crippen LogP contribution in [0.1, 0.15) is 25.3 Å². The minimum absolute atomic E-state index is 0.125. The highest BCUT2D eigenvalue weighted by Gasteiger charge is 2.22. The number of hydrogen-bond acceptors (Lipinski definition) is 0. The van der Waals surface area contributed by atoms with Crippen LogP contribution in [0, 0.1) is 11.6 Å². The van der Waals surface area contributed by atoms with Crippen molar-refractivity contribution in [3.8, 4) is 0 Å². The Morgan fingerprint density at radius 1 is 1.07 bits per heavy atom. The van der Waals surface area contributed by atoms with Crippen molar-refractivity contribution in [2.75, 3.05) is 0 Å². The second-order valence-electron chi connectivity index (χ2n) is 3.14. The van der Waals surface area contributed by atoms with Gasteiger partial charge in [0.25, 0.3) is 0 Å². The zero-order chi connectivity index (χ0) is 11.0. The molecule has 0 heterocycles. The number of hydrogen-bond donors (Lipinski definition) is 0. The first-order valence-electron chi connectivity index (χ1n) is 3.89. The van der Waals surface area contributed by atoms with E-state index >= 15 is 0 Å². The van der Waals surface area contributed by atoms with Crippen LogP contribution in [0.15, 0.2) is 4.47 Å². The second kappa shape index (κ2) is 4.33. The molecule has 0 aliphatic heterocycles. The van der Waals surface area contributed by atoms with E-state index in [0.29, 0.717) is 5.56 Å². The molecule has 0 bridgehead atoms. The Labute approximate surface area is 99.3 Å².